The van der Waals surface area contributed by atoms with Gasteiger partial charge in [0.05, 0.1) is 0 Å². The van der Waals surface area contributed by atoms with Crippen molar-refractivity contribution in [3.63, 3.8) is 0 Å². The Labute approximate surface area is 72.2 Å². The minimum atomic E-state index is -0.594. The van der Waals surface area contributed by atoms with E-state index in [-0.39, 0.29) is 0 Å². The molecule has 1 aliphatic rings. The van der Waals surface area contributed by atoms with Gasteiger partial charge in [-0.1, -0.05) is 19.3 Å². The van der Waals surface area contributed by atoms with Gasteiger partial charge < -0.3 is 5.73 Å². The van der Waals surface area contributed by atoms with Gasteiger partial charge in [0.2, 0.25) is 0 Å². The fourth-order valence-electron chi connectivity index (χ4n) is 1.31. The Morgan fingerprint density at radius 1 is 1.67 bits per heavy atom. The summed E-state index contributed by atoms with van der Waals surface area (Å²) in [5.41, 5.74) is 8.04. The second-order valence-corrected chi connectivity index (χ2v) is 3.32. The van der Waals surface area contributed by atoms with Crippen molar-refractivity contribution in [3.05, 3.63) is 0 Å². The molecule has 0 aromatic rings. The number of rotatable bonds is 3. The first-order valence-corrected chi connectivity index (χ1v) is 4.27. The van der Waals surface area contributed by atoms with Crippen LogP contribution in [0.2, 0.25) is 0 Å². The predicted octanol–water partition coefficient (Wildman–Crippen LogP) is 1.22. The molecule has 0 aliphatic heterocycles. The summed E-state index contributed by atoms with van der Waals surface area (Å²) in [6, 6.07) is -0.594. The summed E-state index contributed by atoms with van der Waals surface area (Å²) >= 11 is 0. The molecule has 0 atom stereocenters. The molecule has 4 nitrogen and oxygen atoms in total. The molecule has 0 radical (unpaired) electrons. The summed E-state index contributed by atoms with van der Waals surface area (Å²) < 4.78 is 0. The molecule has 0 bridgehead atoms. The van der Waals surface area contributed by atoms with Gasteiger partial charge in [-0.3, -0.25) is 0 Å². The number of nitrogens with two attached hydrogens (primary N) is 1. The first-order valence-electron chi connectivity index (χ1n) is 4.27. The van der Waals surface area contributed by atoms with Gasteiger partial charge in [-0.25, -0.2) is 10.2 Å². The maximum Gasteiger partial charge on any atom is 0.332 e. The highest BCUT2D eigenvalue weighted by Crippen LogP contribution is 2.29. The van der Waals surface area contributed by atoms with Gasteiger partial charge in [-0.2, -0.15) is 5.10 Å². The zero-order chi connectivity index (χ0) is 8.97. The van der Waals surface area contributed by atoms with E-state index in [0.29, 0.717) is 0 Å². The van der Waals surface area contributed by atoms with Gasteiger partial charge in [0.15, 0.2) is 0 Å². The maximum atomic E-state index is 10.3. The standard InChI is InChI=1S/C8H15N3O/c1-6(10-11-8(9)12)5-7-3-2-4-7/h7H,2-5H2,1H3,(H3,9,11,12)/b10-6+. The normalized spacial score (nSPS) is 18.6. The van der Waals surface area contributed by atoms with Crippen LogP contribution in [0.1, 0.15) is 32.6 Å². The minimum Gasteiger partial charge on any atom is -0.350 e. The molecule has 0 saturated heterocycles. The molecule has 0 aromatic heterocycles. The van der Waals surface area contributed by atoms with E-state index in [2.05, 4.69) is 10.5 Å². The van der Waals surface area contributed by atoms with Crippen LogP contribution in [0, 0.1) is 5.92 Å². The lowest BCUT2D eigenvalue weighted by atomic mass is 9.82. The number of amides is 2. The number of carbonyl (C=O) groups excluding carboxylic acids is 1. The van der Waals surface area contributed by atoms with E-state index >= 15 is 0 Å². The van der Waals surface area contributed by atoms with Crippen molar-refractivity contribution in [1.29, 1.82) is 0 Å². The van der Waals surface area contributed by atoms with Crippen molar-refractivity contribution >= 4 is 11.7 Å². The third kappa shape index (κ3) is 2.90. The number of hydrogen-bond donors (Lipinski definition) is 2. The first-order chi connectivity index (χ1) is 5.68. The molecular weight excluding hydrogens is 154 g/mol. The Kier molecular flexibility index (Phi) is 3.08. The average molecular weight is 169 g/mol. The molecular formula is C8H15N3O. The Hall–Kier alpha value is -1.06. The van der Waals surface area contributed by atoms with Crippen LogP contribution < -0.4 is 11.2 Å². The molecule has 0 unspecified atom stereocenters. The molecule has 0 heterocycles. The molecule has 4 heteroatoms. The van der Waals surface area contributed by atoms with Gasteiger partial charge in [0.1, 0.15) is 0 Å². The Bertz CT molecular complexity index is 196. The molecule has 1 aliphatic carbocycles. The van der Waals surface area contributed by atoms with Crippen molar-refractivity contribution in [2.75, 3.05) is 0 Å². The number of nitrogens with zero attached hydrogens (tertiary/aromatic N) is 1. The second-order valence-electron chi connectivity index (χ2n) is 3.32. The van der Waals surface area contributed by atoms with Crippen molar-refractivity contribution in [3.8, 4) is 0 Å². The molecule has 68 valence electrons. The number of hydrogen-bond acceptors (Lipinski definition) is 2. The molecule has 0 spiro atoms. The SMILES string of the molecule is C/C(CC1CCC1)=N\NC(N)=O. The van der Waals surface area contributed by atoms with Crippen LogP contribution >= 0.6 is 0 Å². The van der Waals surface area contributed by atoms with E-state index in [4.69, 9.17) is 5.73 Å². The summed E-state index contributed by atoms with van der Waals surface area (Å²) in [6.07, 6.45) is 4.91. The van der Waals surface area contributed by atoms with Gasteiger partial charge in [0, 0.05) is 5.71 Å². The van der Waals surface area contributed by atoms with Crippen LogP contribution in [-0.2, 0) is 0 Å². The monoisotopic (exact) mass is 169 g/mol. The summed E-state index contributed by atoms with van der Waals surface area (Å²) in [5, 5.41) is 3.84. The third-order valence-corrected chi connectivity index (χ3v) is 2.17. The van der Waals surface area contributed by atoms with Gasteiger partial charge >= 0.3 is 6.03 Å². The van der Waals surface area contributed by atoms with Crippen molar-refractivity contribution < 1.29 is 4.79 Å². The number of nitrogens with one attached hydrogen (secondary N) is 1. The smallest absolute Gasteiger partial charge is 0.332 e. The predicted molar refractivity (Wildman–Crippen MR) is 47.8 cm³/mol. The van der Waals surface area contributed by atoms with Crippen LogP contribution in [-0.4, -0.2) is 11.7 Å². The number of carbonyl (C=O) groups is 1. The lowest BCUT2D eigenvalue weighted by molar-refractivity contribution is 0.249. The molecule has 12 heavy (non-hydrogen) atoms. The quantitative estimate of drug-likeness (QED) is 0.484. The van der Waals surface area contributed by atoms with Gasteiger partial charge in [-0.15, -0.1) is 0 Å². The lowest BCUT2D eigenvalue weighted by Gasteiger charge is -2.24. The summed E-state index contributed by atoms with van der Waals surface area (Å²) in [7, 11) is 0. The van der Waals surface area contributed by atoms with E-state index in [1.54, 1.807) is 0 Å². The summed E-state index contributed by atoms with van der Waals surface area (Å²) in [5.74, 6) is 0.781. The van der Waals surface area contributed by atoms with Crippen molar-refractivity contribution in [2.24, 2.45) is 16.8 Å². The van der Waals surface area contributed by atoms with E-state index in [0.717, 1.165) is 18.1 Å². The molecule has 1 rings (SSSR count). The van der Waals surface area contributed by atoms with E-state index in [1.165, 1.54) is 19.3 Å². The minimum absolute atomic E-state index is 0.594. The van der Waals surface area contributed by atoms with Crippen molar-refractivity contribution in [2.45, 2.75) is 32.6 Å². The van der Waals surface area contributed by atoms with Crippen LogP contribution in [0.4, 0.5) is 4.79 Å². The van der Waals surface area contributed by atoms with Crippen LogP contribution in [0.25, 0.3) is 0 Å². The summed E-state index contributed by atoms with van der Waals surface area (Å²) in [4.78, 5) is 10.3. The third-order valence-electron chi connectivity index (χ3n) is 2.17. The maximum absolute atomic E-state index is 10.3. The fraction of sp³-hybridized carbons (Fsp3) is 0.750. The van der Waals surface area contributed by atoms with E-state index in [1.807, 2.05) is 6.92 Å². The largest absolute Gasteiger partial charge is 0.350 e. The molecule has 1 fully saturated rings. The zero-order valence-corrected chi connectivity index (χ0v) is 7.34. The van der Waals surface area contributed by atoms with Crippen molar-refractivity contribution in [1.82, 2.24) is 5.43 Å². The highest BCUT2D eigenvalue weighted by molar-refractivity contribution is 5.83. The van der Waals surface area contributed by atoms with Gasteiger partial charge in [-0.05, 0) is 19.3 Å². The van der Waals surface area contributed by atoms with Crippen LogP contribution in [0.3, 0.4) is 0 Å². The highest BCUT2D eigenvalue weighted by Gasteiger charge is 2.17. The number of hydrazone groups is 1. The van der Waals surface area contributed by atoms with E-state index in [9.17, 15) is 4.79 Å². The molecule has 2 amide bonds. The van der Waals surface area contributed by atoms with Crippen LogP contribution in [0.15, 0.2) is 5.10 Å². The zero-order valence-electron chi connectivity index (χ0n) is 7.34. The Balaban J connectivity index is 2.20. The average Bonchev–Trinajstić information content (AvgIpc) is 1.93. The van der Waals surface area contributed by atoms with E-state index < -0.39 is 6.03 Å². The molecule has 1 saturated carbocycles. The Morgan fingerprint density at radius 2 is 2.33 bits per heavy atom. The fourth-order valence-corrected chi connectivity index (χ4v) is 1.31. The molecule has 0 aromatic carbocycles. The topological polar surface area (TPSA) is 67.5 Å². The van der Waals surface area contributed by atoms with Crippen LogP contribution in [0.5, 0.6) is 0 Å². The second kappa shape index (κ2) is 4.09. The summed E-state index contributed by atoms with van der Waals surface area (Å²) in [6.45, 7) is 1.91. The number of urea groups is 1. The Morgan fingerprint density at radius 3 is 2.75 bits per heavy atom. The molecule has 3 N–H and O–H groups in total. The lowest BCUT2D eigenvalue weighted by Crippen LogP contribution is -2.26. The number of primary amides is 1. The highest BCUT2D eigenvalue weighted by atomic mass is 16.2. The first kappa shape index (κ1) is 9.03. The van der Waals surface area contributed by atoms with Gasteiger partial charge in [0.25, 0.3) is 0 Å².